The summed E-state index contributed by atoms with van der Waals surface area (Å²) in [4.78, 5) is 25.9. The van der Waals surface area contributed by atoms with Gasteiger partial charge in [0.05, 0.1) is 11.4 Å². The zero-order chi connectivity index (χ0) is 20.5. The molecule has 2 aromatic rings. The molecule has 2 aliphatic rings. The molecule has 0 saturated carbocycles. The number of halogens is 6. The van der Waals surface area contributed by atoms with Gasteiger partial charge in [0.2, 0.25) is 5.54 Å². The number of carbonyl (C=O) groups is 2. The molecule has 2 heterocycles. The summed E-state index contributed by atoms with van der Waals surface area (Å²) in [5.74, 6) is -4.57. The number of para-hydroxylation sites is 2. The summed E-state index contributed by atoms with van der Waals surface area (Å²) < 4.78 is 80.6. The minimum absolute atomic E-state index is 0.102. The van der Waals surface area contributed by atoms with Gasteiger partial charge < -0.3 is 5.32 Å². The van der Waals surface area contributed by atoms with Crippen molar-refractivity contribution in [1.29, 1.82) is 0 Å². The van der Waals surface area contributed by atoms with Crippen molar-refractivity contribution in [3.05, 3.63) is 48.0 Å². The number of hydrogen-bond donors (Lipinski definition) is 1. The van der Waals surface area contributed by atoms with Crippen molar-refractivity contribution in [2.24, 2.45) is 0 Å². The first-order chi connectivity index (χ1) is 13.0. The van der Waals surface area contributed by atoms with Gasteiger partial charge in [0, 0.05) is 15.4 Å². The average molecular weight is 418 g/mol. The van der Waals surface area contributed by atoms with Gasteiger partial charge in [0.1, 0.15) is 0 Å². The van der Waals surface area contributed by atoms with Gasteiger partial charge >= 0.3 is 18.3 Å². The van der Waals surface area contributed by atoms with Gasteiger partial charge in [-0.1, -0.05) is 36.0 Å². The third-order valence-electron chi connectivity index (χ3n) is 4.46. The molecule has 4 rings (SSSR count). The highest BCUT2D eigenvalue weighted by Gasteiger charge is 2.70. The zero-order valence-electron chi connectivity index (χ0n) is 13.5. The number of benzene rings is 2. The SMILES string of the molecule is O=C(N[C@]1(C(F)(F)F)C(=O)N2c3ccccc3Sc3cccc1c32)C(F)(F)F. The van der Waals surface area contributed by atoms with E-state index in [0.29, 0.717) is 4.90 Å². The van der Waals surface area contributed by atoms with Crippen LogP contribution in [0.25, 0.3) is 0 Å². The van der Waals surface area contributed by atoms with Gasteiger partial charge in [-0.15, -0.1) is 0 Å². The fourth-order valence-electron chi connectivity index (χ4n) is 3.31. The molecule has 2 amide bonds. The molecule has 1 N–H and O–H groups in total. The molecule has 0 fully saturated rings. The van der Waals surface area contributed by atoms with Gasteiger partial charge in [0.15, 0.2) is 0 Å². The Labute approximate surface area is 157 Å². The Morgan fingerprint density at radius 3 is 2.25 bits per heavy atom. The standard InChI is InChI=1S/C17H8F6N2O2S/c18-16(19,20)13(26)24-15(17(21,22)23)8-4-3-7-11-12(8)25(14(15)27)9-5-1-2-6-10(9)28-11/h1-7H,(H,24,26)/t15-/m0/s1. The first kappa shape index (κ1) is 18.7. The Kier molecular flexibility index (Phi) is 3.77. The summed E-state index contributed by atoms with van der Waals surface area (Å²) in [6, 6.07) is 9.62. The van der Waals surface area contributed by atoms with E-state index in [4.69, 9.17) is 0 Å². The predicted octanol–water partition coefficient (Wildman–Crippen LogP) is 4.27. The van der Waals surface area contributed by atoms with E-state index in [9.17, 15) is 35.9 Å². The molecule has 1 atom stereocenters. The number of carbonyl (C=O) groups excluding carboxylic acids is 2. The van der Waals surface area contributed by atoms with Gasteiger partial charge in [-0.25, -0.2) is 0 Å². The third-order valence-corrected chi connectivity index (χ3v) is 5.57. The minimum atomic E-state index is -5.60. The number of nitrogens with one attached hydrogen (secondary N) is 1. The number of rotatable bonds is 1. The molecule has 0 aliphatic carbocycles. The second kappa shape index (κ2) is 5.66. The highest BCUT2D eigenvalue weighted by atomic mass is 32.2. The Morgan fingerprint density at radius 1 is 0.964 bits per heavy atom. The largest absolute Gasteiger partial charge is 0.471 e. The van der Waals surface area contributed by atoms with E-state index in [1.165, 1.54) is 24.3 Å². The first-order valence-electron chi connectivity index (χ1n) is 7.69. The number of anilines is 2. The number of fused-ring (bicyclic) bond motifs is 2. The maximum Gasteiger partial charge on any atom is 0.471 e. The van der Waals surface area contributed by atoms with Gasteiger partial charge in [-0.05, 0) is 18.2 Å². The van der Waals surface area contributed by atoms with E-state index < -0.39 is 35.3 Å². The normalized spacial score (nSPS) is 20.6. The molecule has 0 saturated heterocycles. The third kappa shape index (κ3) is 2.35. The molecule has 0 aromatic heterocycles. The second-order valence-electron chi connectivity index (χ2n) is 6.06. The van der Waals surface area contributed by atoms with Crippen molar-refractivity contribution < 1.29 is 35.9 Å². The molecule has 146 valence electrons. The van der Waals surface area contributed by atoms with Crippen LogP contribution in [-0.4, -0.2) is 24.2 Å². The molecule has 0 unspecified atom stereocenters. The Morgan fingerprint density at radius 2 is 1.61 bits per heavy atom. The van der Waals surface area contributed by atoms with Crippen LogP contribution in [0.5, 0.6) is 0 Å². The van der Waals surface area contributed by atoms with Crippen LogP contribution in [0.4, 0.5) is 37.7 Å². The van der Waals surface area contributed by atoms with Gasteiger partial charge in [-0.3, -0.25) is 14.5 Å². The summed E-state index contributed by atoms with van der Waals surface area (Å²) in [5.41, 5.74) is -4.67. The van der Waals surface area contributed by atoms with Crippen molar-refractivity contribution in [3.8, 4) is 0 Å². The van der Waals surface area contributed by atoms with Crippen LogP contribution in [0.1, 0.15) is 5.56 Å². The number of alkyl halides is 6. The van der Waals surface area contributed by atoms with Crippen LogP contribution in [0.15, 0.2) is 52.3 Å². The highest BCUT2D eigenvalue weighted by molar-refractivity contribution is 7.99. The summed E-state index contributed by atoms with van der Waals surface area (Å²) >= 11 is 1.08. The number of hydrogen-bond acceptors (Lipinski definition) is 3. The van der Waals surface area contributed by atoms with Crippen LogP contribution in [0.2, 0.25) is 0 Å². The minimum Gasteiger partial charge on any atom is -0.323 e. The van der Waals surface area contributed by atoms with Crippen LogP contribution in [0.3, 0.4) is 0 Å². The Hall–Kier alpha value is -2.69. The van der Waals surface area contributed by atoms with Crippen LogP contribution in [0, 0.1) is 0 Å². The molecule has 4 nitrogen and oxygen atoms in total. The van der Waals surface area contributed by atoms with Crippen LogP contribution in [-0.2, 0) is 15.1 Å². The lowest BCUT2D eigenvalue weighted by atomic mass is 9.90. The van der Waals surface area contributed by atoms with Crippen molar-refractivity contribution in [2.45, 2.75) is 27.7 Å². The quantitative estimate of drug-likeness (QED) is 0.704. The van der Waals surface area contributed by atoms with E-state index >= 15 is 0 Å². The fourth-order valence-corrected chi connectivity index (χ4v) is 4.40. The monoisotopic (exact) mass is 418 g/mol. The molecule has 0 bridgehead atoms. The van der Waals surface area contributed by atoms with E-state index in [1.807, 2.05) is 0 Å². The summed E-state index contributed by atoms with van der Waals surface area (Å²) in [6.07, 6.45) is -11.1. The molecule has 2 aromatic carbocycles. The van der Waals surface area contributed by atoms with E-state index in [0.717, 1.165) is 28.0 Å². The van der Waals surface area contributed by atoms with Crippen molar-refractivity contribution in [3.63, 3.8) is 0 Å². The molecule has 2 aliphatic heterocycles. The lowest BCUT2D eigenvalue weighted by molar-refractivity contribution is -0.210. The second-order valence-corrected chi connectivity index (χ2v) is 7.15. The maximum absolute atomic E-state index is 14.1. The Balaban J connectivity index is 2.00. The number of nitrogens with zero attached hydrogens (tertiary/aromatic N) is 1. The molecule has 28 heavy (non-hydrogen) atoms. The molecular weight excluding hydrogens is 410 g/mol. The van der Waals surface area contributed by atoms with Crippen molar-refractivity contribution >= 4 is 35.0 Å². The zero-order valence-corrected chi connectivity index (χ0v) is 14.3. The topological polar surface area (TPSA) is 49.4 Å². The van der Waals surface area contributed by atoms with Gasteiger partial charge in [-0.2, -0.15) is 26.3 Å². The fraction of sp³-hybridized carbons (Fsp3) is 0.176. The highest BCUT2D eigenvalue weighted by Crippen LogP contribution is 2.59. The Bertz CT molecular complexity index is 1020. The lowest BCUT2D eigenvalue weighted by Crippen LogP contribution is -2.63. The lowest BCUT2D eigenvalue weighted by Gasteiger charge is -2.32. The smallest absolute Gasteiger partial charge is 0.323 e. The summed E-state index contributed by atoms with van der Waals surface area (Å²) in [6.45, 7) is 0. The predicted molar refractivity (Wildman–Crippen MR) is 86.1 cm³/mol. The molecule has 11 heteroatoms. The first-order valence-corrected chi connectivity index (χ1v) is 8.51. The van der Waals surface area contributed by atoms with Gasteiger partial charge in [0.25, 0.3) is 5.91 Å². The van der Waals surface area contributed by atoms with Crippen molar-refractivity contribution in [2.75, 3.05) is 4.90 Å². The maximum atomic E-state index is 14.1. The van der Waals surface area contributed by atoms with E-state index in [-0.39, 0.29) is 16.3 Å². The molecule has 0 radical (unpaired) electrons. The number of amides is 2. The average Bonchev–Trinajstić information content (AvgIpc) is 2.86. The van der Waals surface area contributed by atoms with E-state index in [1.54, 1.807) is 12.1 Å². The molecular formula is C17H8F6N2O2S. The van der Waals surface area contributed by atoms with Crippen LogP contribution < -0.4 is 10.2 Å². The molecule has 0 spiro atoms. The summed E-state index contributed by atoms with van der Waals surface area (Å²) in [5, 5.41) is 0.939. The van der Waals surface area contributed by atoms with Crippen LogP contribution >= 0.6 is 11.8 Å². The summed E-state index contributed by atoms with van der Waals surface area (Å²) in [7, 11) is 0. The van der Waals surface area contributed by atoms with E-state index in [2.05, 4.69) is 0 Å². The van der Waals surface area contributed by atoms with Crippen molar-refractivity contribution in [1.82, 2.24) is 5.32 Å².